The number of carbonyl (C=O) groups is 4. The van der Waals surface area contributed by atoms with Gasteiger partial charge in [-0.15, -0.1) is 0 Å². The van der Waals surface area contributed by atoms with Gasteiger partial charge in [-0.1, -0.05) is 11.6 Å². The first kappa shape index (κ1) is 33.1. The van der Waals surface area contributed by atoms with E-state index in [1.807, 2.05) is 0 Å². The summed E-state index contributed by atoms with van der Waals surface area (Å²) in [5.41, 5.74) is -0.305. The van der Waals surface area contributed by atoms with E-state index in [1.165, 1.54) is 28.2 Å². The first-order valence-electron chi connectivity index (χ1n) is 12.0. The lowest BCUT2D eigenvalue weighted by Gasteiger charge is -2.29. The number of likely N-dealkylation sites (N-methyl/N-ethyl adjacent to an activating group) is 1. The second-order valence-electron chi connectivity index (χ2n) is 9.55. The van der Waals surface area contributed by atoms with Crippen molar-refractivity contribution >= 4 is 41.1 Å². The molecular weight excluding hydrogens is 520 g/mol. The molecule has 0 spiro atoms. The second-order valence-corrected chi connectivity index (χ2v) is 9.98. The van der Waals surface area contributed by atoms with Crippen molar-refractivity contribution in [3.05, 3.63) is 29.3 Å². The van der Waals surface area contributed by atoms with Crippen LogP contribution < -0.4 is 16.0 Å². The summed E-state index contributed by atoms with van der Waals surface area (Å²) in [5.74, 6) is -2.03. The van der Waals surface area contributed by atoms with E-state index in [-0.39, 0.29) is 12.8 Å². The lowest BCUT2D eigenvalue weighted by molar-refractivity contribution is -0.134. The Hall–Kier alpha value is -2.93. The number of aliphatic hydroxyl groups excluding tert-OH is 1. The van der Waals surface area contributed by atoms with E-state index in [0.29, 0.717) is 10.7 Å². The number of nitrogens with one attached hydrogen (secondary N) is 3. The maximum atomic E-state index is 13.0. The number of hydrogen-bond donors (Lipinski definition) is 4. The van der Waals surface area contributed by atoms with Crippen LogP contribution in [-0.4, -0.2) is 91.7 Å². The monoisotopic (exact) mass is 558 g/mol. The lowest BCUT2D eigenvalue weighted by Crippen LogP contribution is -2.57. The summed E-state index contributed by atoms with van der Waals surface area (Å²) in [7, 11) is 4.27. The van der Waals surface area contributed by atoms with Crippen LogP contribution in [0.25, 0.3) is 0 Å². The number of amides is 4. The summed E-state index contributed by atoms with van der Waals surface area (Å²) in [6.07, 6.45) is -0.952. The predicted molar refractivity (Wildman–Crippen MR) is 142 cm³/mol. The molecule has 3 atom stereocenters. The molecule has 0 saturated carbocycles. The van der Waals surface area contributed by atoms with E-state index in [0.717, 1.165) is 4.90 Å². The Kier molecular flexibility index (Phi) is 13.5. The smallest absolute Gasteiger partial charge is 0.410 e. The molecule has 0 aromatic heterocycles. The van der Waals surface area contributed by atoms with E-state index >= 15 is 0 Å². The number of halogens is 1. The third-order valence-corrected chi connectivity index (χ3v) is 5.67. The van der Waals surface area contributed by atoms with Gasteiger partial charge in [-0.25, -0.2) is 4.79 Å². The molecule has 0 aliphatic carbocycles. The molecule has 214 valence electrons. The minimum Gasteiger partial charge on any atom is -0.444 e. The van der Waals surface area contributed by atoms with Gasteiger partial charge in [0.15, 0.2) is 6.29 Å². The van der Waals surface area contributed by atoms with Gasteiger partial charge in [0.25, 0.3) is 0 Å². The SMILES string of the molecule is COC(CCC(NC(=O)[C@H](CO)NC(=O)[C@H](C)N(C)C(=O)OC(C)(C)C)C(=O)Nc1ccc(Cl)cc1)OC. The minimum atomic E-state index is -1.39. The molecule has 4 N–H and O–H groups in total. The zero-order valence-electron chi connectivity index (χ0n) is 22.9. The average molecular weight is 559 g/mol. The Labute approximate surface area is 228 Å². The molecule has 1 aromatic carbocycles. The second kappa shape index (κ2) is 15.5. The highest BCUT2D eigenvalue weighted by Gasteiger charge is 2.31. The van der Waals surface area contributed by atoms with Crippen LogP contribution >= 0.6 is 11.6 Å². The van der Waals surface area contributed by atoms with Gasteiger partial charge in [0, 0.05) is 38.4 Å². The summed E-state index contributed by atoms with van der Waals surface area (Å²) in [6.45, 7) is 5.78. The molecular formula is C25H39ClN4O8. The van der Waals surface area contributed by atoms with Crippen LogP contribution in [0.3, 0.4) is 0 Å². The van der Waals surface area contributed by atoms with Crippen molar-refractivity contribution in [3.63, 3.8) is 0 Å². The molecule has 1 rings (SSSR count). The van der Waals surface area contributed by atoms with E-state index < -0.39 is 60.4 Å². The number of ether oxygens (including phenoxy) is 3. The number of rotatable bonds is 13. The van der Waals surface area contributed by atoms with Gasteiger partial charge in [0.2, 0.25) is 17.7 Å². The summed E-state index contributed by atoms with van der Waals surface area (Å²) < 4.78 is 15.6. The van der Waals surface area contributed by atoms with Crippen LogP contribution in [-0.2, 0) is 28.6 Å². The van der Waals surface area contributed by atoms with Gasteiger partial charge in [-0.3, -0.25) is 19.3 Å². The first-order valence-corrected chi connectivity index (χ1v) is 12.4. The van der Waals surface area contributed by atoms with Crippen LogP contribution in [0.15, 0.2) is 24.3 Å². The number of methoxy groups -OCH3 is 2. The minimum absolute atomic E-state index is 0.126. The van der Waals surface area contributed by atoms with Gasteiger partial charge >= 0.3 is 6.09 Å². The van der Waals surface area contributed by atoms with E-state index in [4.69, 9.17) is 25.8 Å². The Morgan fingerprint density at radius 1 is 0.947 bits per heavy atom. The number of carbonyl (C=O) groups excluding carboxylic acids is 4. The third-order valence-electron chi connectivity index (χ3n) is 5.42. The normalized spacial score (nSPS) is 13.7. The van der Waals surface area contributed by atoms with Crippen molar-refractivity contribution < 1.29 is 38.5 Å². The summed E-state index contributed by atoms with van der Waals surface area (Å²) >= 11 is 5.89. The standard InChI is InChI=1S/C25H39ClN4O8/c1-15(30(5)24(35)38-25(2,3)4)21(32)29-19(14-31)23(34)28-18(12-13-20(36-6)37-7)22(33)27-17-10-8-16(26)9-11-17/h8-11,15,18-20,31H,12-14H2,1-7H3,(H,27,33)(H,28,34)(H,29,32)/t15-,18?,19-/m0/s1. The van der Waals surface area contributed by atoms with Crippen LogP contribution in [0.4, 0.5) is 10.5 Å². The average Bonchev–Trinajstić information content (AvgIpc) is 2.86. The van der Waals surface area contributed by atoms with E-state index in [1.54, 1.807) is 45.0 Å². The molecule has 38 heavy (non-hydrogen) atoms. The van der Waals surface area contributed by atoms with Crippen molar-refractivity contribution in [2.45, 2.75) is 70.6 Å². The molecule has 1 aromatic rings. The van der Waals surface area contributed by atoms with E-state index in [2.05, 4.69) is 16.0 Å². The lowest BCUT2D eigenvalue weighted by atomic mass is 10.1. The van der Waals surface area contributed by atoms with Crippen LogP contribution in [0, 0.1) is 0 Å². The Bertz CT molecular complexity index is 934. The maximum absolute atomic E-state index is 13.0. The van der Waals surface area contributed by atoms with Crippen molar-refractivity contribution in [2.24, 2.45) is 0 Å². The third kappa shape index (κ3) is 11.2. The number of benzene rings is 1. The molecule has 0 fully saturated rings. The quantitative estimate of drug-likeness (QED) is 0.267. The Morgan fingerprint density at radius 2 is 1.50 bits per heavy atom. The van der Waals surface area contributed by atoms with Crippen molar-refractivity contribution in [3.8, 4) is 0 Å². The molecule has 12 nitrogen and oxygen atoms in total. The molecule has 1 unspecified atom stereocenters. The molecule has 0 heterocycles. The molecule has 4 amide bonds. The zero-order valence-corrected chi connectivity index (χ0v) is 23.6. The van der Waals surface area contributed by atoms with Crippen molar-refractivity contribution in [1.29, 1.82) is 0 Å². The van der Waals surface area contributed by atoms with Crippen molar-refractivity contribution in [1.82, 2.24) is 15.5 Å². The first-order chi connectivity index (χ1) is 17.7. The highest BCUT2D eigenvalue weighted by Crippen LogP contribution is 2.15. The molecule has 0 aliphatic rings. The fraction of sp³-hybridized carbons (Fsp3) is 0.600. The zero-order chi connectivity index (χ0) is 29.0. The Morgan fingerprint density at radius 3 is 2.00 bits per heavy atom. The predicted octanol–water partition coefficient (Wildman–Crippen LogP) is 1.89. The van der Waals surface area contributed by atoms with Gasteiger partial charge in [-0.05, 0) is 58.4 Å². The largest absolute Gasteiger partial charge is 0.444 e. The van der Waals surface area contributed by atoms with Gasteiger partial charge < -0.3 is 35.3 Å². The highest BCUT2D eigenvalue weighted by molar-refractivity contribution is 6.30. The van der Waals surface area contributed by atoms with Crippen LogP contribution in [0.2, 0.25) is 5.02 Å². The van der Waals surface area contributed by atoms with Gasteiger partial charge in [-0.2, -0.15) is 0 Å². The maximum Gasteiger partial charge on any atom is 0.410 e. The molecule has 0 saturated heterocycles. The van der Waals surface area contributed by atoms with Crippen molar-refractivity contribution in [2.75, 3.05) is 33.2 Å². The summed E-state index contributed by atoms with van der Waals surface area (Å²) in [4.78, 5) is 52.1. The molecule has 0 bridgehead atoms. The highest BCUT2D eigenvalue weighted by atomic mass is 35.5. The van der Waals surface area contributed by atoms with E-state index in [9.17, 15) is 24.3 Å². The summed E-state index contributed by atoms with van der Waals surface area (Å²) in [6, 6.07) is 2.95. The number of aliphatic hydroxyl groups is 1. The number of hydrogen-bond acceptors (Lipinski definition) is 8. The van der Waals surface area contributed by atoms with Gasteiger partial charge in [0.1, 0.15) is 23.7 Å². The molecule has 0 radical (unpaired) electrons. The summed E-state index contributed by atoms with van der Waals surface area (Å²) in [5, 5.41) is 18.0. The molecule has 13 heteroatoms. The number of anilines is 1. The Balaban J connectivity index is 2.93. The topological polar surface area (TPSA) is 156 Å². The van der Waals surface area contributed by atoms with Crippen LogP contribution in [0.1, 0.15) is 40.5 Å². The van der Waals surface area contributed by atoms with Crippen LogP contribution in [0.5, 0.6) is 0 Å². The number of nitrogens with zero attached hydrogens (tertiary/aromatic N) is 1. The fourth-order valence-corrected chi connectivity index (χ4v) is 3.22. The fourth-order valence-electron chi connectivity index (χ4n) is 3.09. The molecule has 0 aliphatic heterocycles. The van der Waals surface area contributed by atoms with Gasteiger partial charge in [0.05, 0.1) is 6.61 Å².